The maximum absolute atomic E-state index is 10.8. The van der Waals surface area contributed by atoms with Gasteiger partial charge < -0.3 is 5.32 Å². The zero-order chi connectivity index (χ0) is 13.0. The average Bonchev–Trinajstić information content (AvgIpc) is 2.82. The summed E-state index contributed by atoms with van der Waals surface area (Å²) in [4.78, 5) is 17.7. The first-order valence-electron chi connectivity index (χ1n) is 5.75. The fraction of sp³-hybridized carbons (Fsp3) is 0.455. The Kier molecular flexibility index (Phi) is 4.09. The average molecular weight is 269 g/mol. The molecule has 0 radical (unpaired) electrons. The third kappa shape index (κ3) is 3.16. The van der Waals surface area contributed by atoms with Gasteiger partial charge in [0.15, 0.2) is 0 Å². The molecule has 0 saturated heterocycles. The van der Waals surface area contributed by atoms with Crippen molar-refractivity contribution in [3.8, 4) is 0 Å². The first-order chi connectivity index (χ1) is 8.66. The number of rotatable bonds is 5. The van der Waals surface area contributed by atoms with Crippen LogP contribution in [0.25, 0.3) is 0 Å². The standard InChI is InChI=1S/C11H13ClN4O2/c12-11-14-7-9(16(17)18)10(15-11)13-6-5-8-3-1-2-4-8/h3,7H,1-2,4-6H2,(H,13,14,15). The fourth-order valence-corrected chi connectivity index (χ4v) is 2.06. The van der Waals surface area contributed by atoms with E-state index in [4.69, 9.17) is 11.6 Å². The highest BCUT2D eigenvalue weighted by Crippen LogP contribution is 2.23. The number of nitrogens with one attached hydrogen (secondary N) is 1. The second kappa shape index (κ2) is 5.77. The van der Waals surface area contributed by atoms with Crippen molar-refractivity contribution >= 4 is 23.1 Å². The molecule has 0 aliphatic heterocycles. The number of nitrogens with zero attached hydrogens (tertiary/aromatic N) is 3. The summed E-state index contributed by atoms with van der Waals surface area (Å²) in [5.41, 5.74) is 1.24. The molecule has 0 atom stereocenters. The van der Waals surface area contributed by atoms with Gasteiger partial charge in [-0.15, -0.1) is 0 Å². The number of hydrogen-bond acceptors (Lipinski definition) is 5. The van der Waals surface area contributed by atoms with Crippen molar-refractivity contribution < 1.29 is 4.92 Å². The Morgan fingerprint density at radius 1 is 1.56 bits per heavy atom. The Balaban J connectivity index is 1.99. The third-order valence-corrected chi connectivity index (χ3v) is 2.99. The van der Waals surface area contributed by atoms with Crippen molar-refractivity contribution in [1.29, 1.82) is 0 Å². The van der Waals surface area contributed by atoms with Gasteiger partial charge in [-0.25, -0.2) is 4.98 Å². The lowest BCUT2D eigenvalue weighted by Crippen LogP contribution is -2.07. The molecule has 0 bridgehead atoms. The summed E-state index contributed by atoms with van der Waals surface area (Å²) in [5, 5.41) is 13.7. The van der Waals surface area contributed by atoms with Crippen molar-refractivity contribution in [3.05, 3.63) is 33.2 Å². The Morgan fingerprint density at radius 3 is 3.06 bits per heavy atom. The van der Waals surface area contributed by atoms with Gasteiger partial charge in [0.2, 0.25) is 11.1 Å². The number of aromatic nitrogens is 2. The van der Waals surface area contributed by atoms with Crippen LogP contribution in [-0.2, 0) is 0 Å². The van der Waals surface area contributed by atoms with Crippen LogP contribution in [0.4, 0.5) is 11.5 Å². The lowest BCUT2D eigenvalue weighted by molar-refractivity contribution is -0.384. The van der Waals surface area contributed by atoms with Gasteiger partial charge in [0.25, 0.3) is 0 Å². The minimum Gasteiger partial charge on any atom is -0.364 e. The molecule has 18 heavy (non-hydrogen) atoms. The zero-order valence-corrected chi connectivity index (χ0v) is 10.5. The summed E-state index contributed by atoms with van der Waals surface area (Å²) in [6, 6.07) is 0. The van der Waals surface area contributed by atoms with Crippen molar-refractivity contribution in [2.45, 2.75) is 25.7 Å². The molecule has 1 heterocycles. The second-order valence-corrected chi connectivity index (χ2v) is 4.40. The molecule has 0 aromatic carbocycles. The maximum Gasteiger partial charge on any atom is 0.329 e. The van der Waals surface area contributed by atoms with Crippen molar-refractivity contribution in [2.24, 2.45) is 0 Å². The molecule has 0 unspecified atom stereocenters. The van der Waals surface area contributed by atoms with Gasteiger partial charge in [-0.05, 0) is 37.3 Å². The molecule has 1 aliphatic carbocycles. The van der Waals surface area contributed by atoms with Crippen LogP contribution in [0.3, 0.4) is 0 Å². The molecule has 0 amide bonds. The first-order valence-corrected chi connectivity index (χ1v) is 6.13. The van der Waals surface area contributed by atoms with E-state index in [1.54, 1.807) is 0 Å². The van der Waals surface area contributed by atoms with Crippen LogP contribution in [0.2, 0.25) is 5.28 Å². The van der Waals surface area contributed by atoms with E-state index in [9.17, 15) is 10.1 Å². The summed E-state index contributed by atoms with van der Waals surface area (Å²) >= 11 is 5.63. The van der Waals surface area contributed by atoms with Crippen LogP contribution in [0.15, 0.2) is 17.8 Å². The molecule has 96 valence electrons. The van der Waals surface area contributed by atoms with E-state index in [1.807, 2.05) is 0 Å². The van der Waals surface area contributed by atoms with Crippen molar-refractivity contribution in [3.63, 3.8) is 0 Å². The quantitative estimate of drug-likeness (QED) is 0.384. The molecule has 1 N–H and O–H groups in total. The van der Waals surface area contributed by atoms with E-state index in [2.05, 4.69) is 21.4 Å². The Hall–Kier alpha value is -1.69. The predicted molar refractivity (Wildman–Crippen MR) is 68.7 cm³/mol. The van der Waals surface area contributed by atoms with Gasteiger partial charge in [0.1, 0.15) is 6.20 Å². The molecule has 6 nitrogen and oxygen atoms in total. The Bertz CT molecular complexity index is 490. The molecule has 1 aliphatic rings. The van der Waals surface area contributed by atoms with Crippen LogP contribution in [0.5, 0.6) is 0 Å². The van der Waals surface area contributed by atoms with Crippen LogP contribution in [-0.4, -0.2) is 21.4 Å². The highest BCUT2D eigenvalue weighted by Gasteiger charge is 2.16. The fourth-order valence-electron chi connectivity index (χ4n) is 1.92. The molecule has 0 spiro atoms. The number of nitro groups is 1. The van der Waals surface area contributed by atoms with E-state index >= 15 is 0 Å². The monoisotopic (exact) mass is 268 g/mol. The molecule has 1 aromatic heterocycles. The third-order valence-electron chi connectivity index (χ3n) is 2.81. The molecule has 2 rings (SSSR count). The van der Waals surface area contributed by atoms with Crippen LogP contribution >= 0.6 is 11.6 Å². The molecular weight excluding hydrogens is 256 g/mol. The maximum atomic E-state index is 10.8. The summed E-state index contributed by atoms with van der Waals surface area (Å²) in [5.74, 6) is 0.179. The van der Waals surface area contributed by atoms with Crippen molar-refractivity contribution in [2.75, 3.05) is 11.9 Å². The van der Waals surface area contributed by atoms with E-state index in [1.165, 1.54) is 12.0 Å². The molecule has 0 fully saturated rings. The zero-order valence-electron chi connectivity index (χ0n) is 9.73. The lowest BCUT2D eigenvalue weighted by atomic mass is 10.2. The number of halogens is 1. The summed E-state index contributed by atoms with van der Waals surface area (Å²) in [6.07, 6.45) is 7.67. The molecule has 0 saturated carbocycles. The normalized spacial score (nSPS) is 14.4. The van der Waals surface area contributed by atoms with Gasteiger partial charge in [-0.2, -0.15) is 4.98 Å². The highest BCUT2D eigenvalue weighted by molar-refractivity contribution is 6.28. The molecular formula is C11H13ClN4O2. The van der Waals surface area contributed by atoms with Gasteiger partial charge in [0, 0.05) is 6.54 Å². The molecule has 1 aromatic rings. The van der Waals surface area contributed by atoms with E-state index in [0.717, 1.165) is 25.5 Å². The predicted octanol–water partition coefficient (Wildman–Crippen LogP) is 2.95. The number of anilines is 1. The van der Waals surface area contributed by atoms with E-state index in [0.29, 0.717) is 6.54 Å². The summed E-state index contributed by atoms with van der Waals surface area (Å²) in [7, 11) is 0. The lowest BCUT2D eigenvalue weighted by Gasteiger charge is -2.06. The van der Waals surface area contributed by atoms with E-state index < -0.39 is 4.92 Å². The first kappa shape index (κ1) is 12.8. The van der Waals surface area contributed by atoms with Crippen molar-refractivity contribution in [1.82, 2.24) is 9.97 Å². The Morgan fingerprint density at radius 2 is 2.39 bits per heavy atom. The highest BCUT2D eigenvalue weighted by atomic mass is 35.5. The van der Waals surface area contributed by atoms with Crippen LogP contribution < -0.4 is 5.32 Å². The smallest absolute Gasteiger partial charge is 0.329 e. The van der Waals surface area contributed by atoms with Gasteiger partial charge >= 0.3 is 5.69 Å². The summed E-state index contributed by atoms with van der Waals surface area (Å²) < 4.78 is 0. The minimum atomic E-state index is -0.520. The Labute approximate surface area is 109 Å². The topological polar surface area (TPSA) is 81.0 Å². The second-order valence-electron chi connectivity index (χ2n) is 4.06. The van der Waals surface area contributed by atoms with Crippen LogP contribution in [0.1, 0.15) is 25.7 Å². The SMILES string of the molecule is O=[N+]([O-])c1cnc(Cl)nc1NCCC1=CCCC1. The van der Waals surface area contributed by atoms with Gasteiger partial charge in [-0.1, -0.05) is 11.6 Å². The number of allylic oxidation sites excluding steroid dienone is 1. The number of hydrogen-bond donors (Lipinski definition) is 1. The summed E-state index contributed by atoms with van der Waals surface area (Å²) in [6.45, 7) is 0.611. The minimum absolute atomic E-state index is 0.00295. The van der Waals surface area contributed by atoms with Gasteiger partial charge in [0.05, 0.1) is 4.92 Å². The van der Waals surface area contributed by atoms with Crippen LogP contribution in [0, 0.1) is 10.1 Å². The molecule has 7 heteroatoms. The van der Waals surface area contributed by atoms with E-state index in [-0.39, 0.29) is 16.8 Å². The van der Waals surface area contributed by atoms with Gasteiger partial charge in [-0.3, -0.25) is 10.1 Å². The largest absolute Gasteiger partial charge is 0.364 e.